The van der Waals surface area contributed by atoms with E-state index in [1.807, 2.05) is 13.1 Å². The summed E-state index contributed by atoms with van der Waals surface area (Å²) in [5.41, 5.74) is 0. The van der Waals surface area contributed by atoms with Crippen molar-refractivity contribution in [2.75, 3.05) is 18.1 Å². The van der Waals surface area contributed by atoms with E-state index in [-0.39, 0.29) is 0 Å². The van der Waals surface area contributed by atoms with Gasteiger partial charge in [-0.1, -0.05) is 6.92 Å². The summed E-state index contributed by atoms with van der Waals surface area (Å²) in [4.78, 5) is 5.40. The topological polar surface area (TPSA) is 24.9 Å². The van der Waals surface area contributed by atoms with Crippen molar-refractivity contribution in [3.63, 3.8) is 0 Å². The smallest absolute Gasteiger partial charge is 0.139 e. The van der Waals surface area contributed by atoms with Crippen LogP contribution < -0.4 is 5.32 Å². The first kappa shape index (κ1) is 8.40. The SMILES string of the molecule is CCSc1cccnc1NC. The molecule has 0 aliphatic heterocycles. The summed E-state index contributed by atoms with van der Waals surface area (Å²) in [5, 5.41) is 3.05. The van der Waals surface area contributed by atoms with Crippen LogP contribution in [0, 0.1) is 0 Å². The first-order valence-electron chi connectivity index (χ1n) is 3.64. The lowest BCUT2D eigenvalue weighted by Gasteiger charge is -2.04. The number of nitrogens with zero attached hydrogens (tertiary/aromatic N) is 1. The monoisotopic (exact) mass is 168 g/mol. The second-order valence-electron chi connectivity index (χ2n) is 2.03. The van der Waals surface area contributed by atoms with Crippen LogP contribution in [0.5, 0.6) is 0 Å². The fourth-order valence-electron chi connectivity index (χ4n) is 0.850. The molecule has 0 spiro atoms. The molecule has 1 rings (SSSR count). The molecule has 2 nitrogen and oxygen atoms in total. The Morgan fingerprint density at radius 3 is 3.09 bits per heavy atom. The van der Waals surface area contributed by atoms with Gasteiger partial charge in [0.2, 0.25) is 0 Å². The zero-order valence-electron chi connectivity index (χ0n) is 6.79. The van der Waals surface area contributed by atoms with E-state index in [0.717, 1.165) is 11.6 Å². The molecule has 1 aromatic heterocycles. The quantitative estimate of drug-likeness (QED) is 0.701. The molecular formula is C8H12N2S. The molecule has 1 aromatic rings. The second-order valence-corrected chi connectivity index (χ2v) is 3.34. The molecule has 0 radical (unpaired) electrons. The maximum atomic E-state index is 4.18. The minimum Gasteiger partial charge on any atom is -0.372 e. The van der Waals surface area contributed by atoms with E-state index < -0.39 is 0 Å². The van der Waals surface area contributed by atoms with Gasteiger partial charge in [-0.3, -0.25) is 0 Å². The molecule has 1 heterocycles. The van der Waals surface area contributed by atoms with E-state index in [1.165, 1.54) is 4.90 Å². The molecule has 60 valence electrons. The number of nitrogens with one attached hydrogen (secondary N) is 1. The summed E-state index contributed by atoms with van der Waals surface area (Å²) in [5.74, 6) is 2.06. The first-order valence-corrected chi connectivity index (χ1v) is 4.62. The van der Waals surface area contributed by atoms with Crippen LogP contribution in [0.2, 0.25) is 0 Å². The van der Waals surface area contributed by atoms with Crippen molar-refractivity contribution in [1.82, 2.24) is 4.98 Å². The second kappa shape index (κ2) is 4.23. The average Bonchev–Trinajstić information content (AvgIpc) is 2.06. The van der Waals surface area contributed by atoms with Crippen molar-refractivity contribution < 1.29 is 0 Å². The molecule has 3 heteroatoms. The van der Waals surface area contributed by atoms with Crippen LogP contribution in [0.1, 0.15) is 6.92 Å². The fraction of sp³-hybridized carbons (Fsp3) is 0.375. The van der Waals surface area contributed by atoms with Gasteiger partial charge in [0.1, 0.15) is 5.82 Å². The summed E-state index contributed by atoms with van der Waals surface area (Å²) in [6.07, 6.45) is 1.80. The molecular weight excluding hydrogens is 156 g/mol. The maximum absolute atomic E-state index is 4.18. The summed E-state index contributed by atoms with van der Waals surface area (Å²) in [6, 6.07) is 4.03. The van der Waals surface area contributed by atoms with Crippen molar-refractivity contribution in [2.24, 2.45) is 0 Å². The lowest BCUT2D eigenvalue weighted by Crippen LogP contribution is -1.93. The zero-order valence-corrected chi connectivity index (χ0v) is 7.61. The molecule has 0 amide bonds. The fourth-order valence-corrected chi connectivity index (χ4v) is 1.63. The van der Waals surface area contributed by atoms with Crippen molar-refractivity contribution in [3.8, 4) is 0 Å². The Labute approximate surface area is 71.4 Å². The van der Waals surface area contributed by atoms with Crippen LogP contribution in [-0.4, -0.2) is 17.8 Å². The van der Waals surface area contributed by atoms with Crippen LogP contribution in [0.15, 0.2) is 23.2 Å². The molecule has 0 saturated heterocycles. The molecule has 0 aromatic carbocycles. The highest BCUT2D eigenvalue weighted by Gasteiger charge is 1.98. The highest BCUT2D eigenvalue weighted by Crippen LogP contribution is 2.23. The molecule has 0 aliphatic rings. The van der Waals surface area contributed by atoms with Gasteiger partial charge in [0, 0.05) is 18.1 Å². The van der Waals surface area contributed by atoms with Crippen molar-refractivity contribution in [1.29, 1.82) is 0 Å². The Morgan fingerprint density at radius 1 is 1.64 bits per heavy atom. The molecule has 11 heavy (non-hydrogen) atoms. The normalized spacial score (nSPS) is 9.64. The molecule has 1 N–H and O–H groups in total. The third kappa shape index (κ3) is 2.12. The summed E-state index contributed by atoms with van der Waals surface area (Å²) < 4.78 is 0. The Bertz CT molecular complexity index is 225. The minimum absolute atomic E-state index is 0.972. The predicted octanol–water partition coefficient (Wildman–Crippen LogP) is 2.24. The van der Waals surface area contributed by atoms with Gasteiger partial charge in [-0.15, -0.1) is 11.8 Å². The van der Waals surface area contributed by atoms with Gasteiger partial charge >= 0.3 is 0 Å². The number of pyridine rings is 1. The molecule has 0 aliphatic carbocycles. The number of anilines is 1. The number of thioether (sulfide) groups is 1. The van der Waals surface area contributed by atoms with E-state index >= 15 is 0 Å². The Morgan fingerprint density at radius 2 is 2.45 bits per heavy atom. The zero-order chi connectivity index (χ0) is 8.10. The van der Waals surface area contributed by atoms with E-state index in [0.29, 0.717) is 0 Å². The lowest BCUT2D eigenvalue weighted by atomic mass is 10.5. The third-order valence-electron chi connectivity index (χ3n) is 1.31. The van der Waals surface area contributed by atoms with Crippen LogP contribution in [0.3, 0.4) is 0 Å². The van der Waals surface area contributed by atoms with E-state index in [1.54, 1.807) is 18.0 Å². The molecule has 0 fully saturated rings. The number of rotatable bonds is 3. The van der Waals surface area contributed by atoms with Crippen molar-refractivity contribution >= 4 is 17.6 Å². The van der Waals surface area contributed by atoms with Gasteiger partial charge in [-0.05, 0) is 17.9 Å². The van der Waals surface area contributed by atoms with Gasteiger partial charge in [0.15, 0.2) is 0 Å². The summed E-state index contributed by atoms with van der Waals surface area (Å²) >= 11 is 1.80. The lowest BCUT2D eigenvalue weighted by molar-refractivity contribution is 1.21. The van der Waals surface area contributed by atoms with Gasteiger partial charge in [-0.2, -0.15) is 0 Å². The predicted molar refractivity (Wildman–Crippen MR) is 50.2 cm³/mol. The summed E-state index contributed by atoms with van der Waals surface area (Å²) in [7, 11) is 1.89. The molecule has 0 bridgehead atoms. The van der Waals surface area contributed by atoms with Crippen LogP contribution in [0.25, 0.3) is 0 Å². The van der Waals surface area contributed by atoms with Crippen LogP contribution >= 0.6 is 11.8 Å². The van der Waals surface area contributed by atoms with Crippen LogP contribution in [0.4, 0.5) is 5.82 Å². The average molecular weight is 168 g/mol. The highest BCUT2D eigenvalue weighted by molar-refractivity contribution is 7.99. The first-order chi connectivity index (χ1) is 5.38. The van der Waals surface area contributed by atoms with Crippen molar-refractivity contribution in [3.05, 3.63) is 18.3 Å². The van der Waals surface area contributed by atoms with Gasteiger partial charge < -0.3 is 5.32 Å². The standard InChI is InChI=1S/C8H12N2S/c1-3-11-7-5-4-6-10-8(7)9-2/h4-6H,3H2,1-2H3,(H,9,10). The molecule has 0 saturated carbocycles. The number of hydrogen-bond donors (Lipinski definition) is 1. The van der Waals surface area contributed by atoms with E-state index in [2.05, 4.69) is 23.3 Å². The molecule has 0 atom stereocenters. The van der Waals surface area contributed by atoms with E-state index in [4.69, 9.17) is 0 Å². The number of aromatic nitrogens is 1. The van der Waals surface area contributed by atoms with Crippen LogP contribution in [-0.2, 0) is 0 Å². The Balaban J connectivity index is 2.83. The summed E-state index contributed by atoms with van der Waals surface area (Å²) in [6.45, 7) is 2.14. The van der Waals surface area contributed by atoms with Crippen molar-refractivity contribution in [2.45, 2.75) is 11.8 Å². The van der Waals surface area contributed by atoms with Gasteiger partial charge in [0.05, 0.1) is 0 Å². The molecule has 0 unspecified atom stereocenters. The Hall–Kier alpha value is -0.700. The van der Waals surface area contributed by atoms with Gasteiger partial charge in [0.25, 0.3) is 0 Å². The largest absolute Gasteiger partial charge is 0.372 e. The maximum Gasteiger partial charge on any atom is 0.139 e. The minimum atomic E-state index is 0.972. The Kier molecular flexibility index (Phi) is 3.23. The van der Waals surface area contributed by atoms with Gasteiger partial charge in [-0.25, -0.2) is 4.98 Å². The number of hydrogen-bond acceptors (Lipinski definition) is 3. The third-order valence-corrected chi connectivity index (χ3v) is 2.24. The van der Waals surface area contributed by atoms with E-state index in [9.17, 15) is 0 Å². The highest BCUT2D eigenvalue weighted by atomic mass is 32.2.